The summed E-state index contributed by atoms with van der Waals surface area (Å²) >= 11 is 11.8. The molecule has 2 aromatic rings. The molecule has 0 aliphatic carbocycles. The molecule has 0 aliphatic rings. The second-order valence-corrected chi connectivity index (χ2v) is 5.09. The van der Waals surface area contributed by atoms with Crippen molar-refractivity contribution in [3.05, 3.63) is 45.3 Å². The van der Waals surface area contributed by atoms with Crippen LogP contribution in [0.25, 0.3) is 0 Å². The summed E-state index contributed by atoms with van der Waals surface area (Å²) in [5.41, 5.74) is 1.98. The lowest BCUT2D eigenvalue weighted by molar-refractivity contribution is 0.251. The molecule has 2 amide bonds. The molecule has 20 heavy (non-hydrogen) atoms. The number of hydrogen-bond acceptors (Lipinski definition) is 3. The molecule has 0 saturated heterocycles. The van der Waals surface area contributed by atoms with E-state index in [1.807, 2.05) is 0 Å². The van der Waals surface area contributed by atoms with Crippen molar-refractivity contribution in [2.45, 2.75) is 20.4 Å². The minimum atomic E-state index is -0.356. The molecule has 0 bridgehead atoms. The van der Waals surface area contributed by atoms with Gasteiger partial charge < -0.3 is 15.2 Å². The monoisotopic (exact) mass is 313 g/mol. The fraction of sp³-hybridized carbons (Fsp3) is 0.231. The van der Waals surface area contributed by atoms with E-state index >= 15 is 0 Å². The van der Waals surface area contributed by atoms with Crippen molar-refractivity contribution in [3.8, 4) is 0 Å². The van der Waals surface area contributed by atoms with Gasteiger partial charge in [0.1, 0.15) is 11.4 Å². The molecule has 0 radical (unpaired) electrons. The first-order chi connectivity index (χ1) is 9.47. The van der Waals surface area contributed by atoms with Crippen molar-refractivity contribution >= 4 is 34.9 Å². The lowest BCUT2D eigenvalue weighted by atomic mass is 10.2. The molecule has 7 heteroatoms. The smallest absolute Gasteiger partial charge is 0.319 e. The minimum absolute atomic E-state index is 0.297. The predicted octanol–water partition coefficient (Wildman–Crippen LogP) is 3.92. The first-order valence-electron chi connectivity index (χ1n) is 5.89. The third-order valence-corrected chi connectivity index (χ3v) is 3.31. The third-order valence-electron chi connectivity index (χ3n) is 2.73. The van der Waals surface area contributed by atoms with E-state index in [1.54, 1.807) is 32.0 Å². The summed E-state index contributed by atoms with van der Waals surface area (Å²) in [6.07, 6.45) is 0. The quantitative estimate of drug-likeness (QED) is 0.902. The molecule has 0 aliphatic heterocycles. The van der Waals surface area contributed by atoms with Crippen LogP contribution in [0.5, 0.6) is 0 Å². The molecule has 5 nitrogen and oxygen atoms in total. The number of urea groups is 1. The summed E-state index contributed by atoms with van der Waals surface area (Å²) in [7, 11) is 0. The Morgan fingerprint density at radius 2 is 2.10 bits per heavy atom. The van der Waals surface area contributed by atoms with Crippen molar-refractivity contribution in [2.75, 3.05) is 5.32 Å². The van der Waals surface area contributed by atoms with Gasteiger partial charge in [-0.05, 0) is 31.5 Å². The maximum atomic E-state index is 11.8. The van der Waals surface area contributed by atoms with Crippen LogP contribution in [0.3, 0.4) is 0 Å². The molecule has 1 aromatic heterocycles. The highest BCUT2D eigenvalue weighted by atomic mass is 35.5. The SMILES string of the molecule is Cc1noc(C)c1NC(=O)NCc1ccc(Cl)cc1Cl. The van der Waals surface area contributed by atoms with Gasteiger partial charge in [0.05, 0.1) is 0 Å². The molecule has 2 N–H and O–H groups in total. The van der Waals surface area contributed by atoms with Crippen LogP contribution in [0.4, 0.5) is 10.5 Å². The number of halogens is 2. The fourth-order valence-corrected chi connectivity index (χ4v) is 2.14. The molecule has 0 unspecified atom stereocenters. The molecule has 0 atom stereocenters. The summed E-state index contributed by atoms with van der Waals surface area (Å²) in [6, 6.07) is 4.76. The van der Waals surface area contributed by atoms with E-state index in [9.17, 15) is 4.79 Å². The molecule has 1 heterocycles. The van der Waals surface area contributed by atoms with Crippen LogP contribution < -0.4 is 10.6 Å². The van der Waals surface area contributed by atoms with Crippen LogP contribution in [0.15, 0.2) is 22.7 Å². The average molecular weight is 314 g/mol. The normalized spacial score (nSPS) is 10.4. The molecule has 0 spiro atoms. The summed E-state index contributed by atoms with van der Waals surface area (Å²) < 4.78 is 4.96. The van der Waals surface area contributed by atoms with Crippen molar-refractivity contribution < 1.29 is 9.32 Å². The van der Waals surface area contributed by atoms with Gasteiger partial charge in [0.15, 0.2) is 5.76 Å². The van der Waals surface area contributed by atoms with E-state index in [1.165, 1.54) is 0 Å². The topological polar surface area (TPSA) is 67.2 Å². The van der Waals surface area contributed by atoms with Gasteiger partial charge in [-0.15, -0.1) is 0 Å². The minimum Gasteiger partial charge on any atom is -0.359 e. The number of carbonyl (C=O) groups is 1. The second-order valence-electron chi connectivity index (χ2n) is 4.24. The fourth-order valence-electron chi connectivity index (χ4n) is 1.66. The summed E-state index contributed by atoms with van der Waals surface area (Å²) in [5.74, 6) is 0.558. The standard InChI is InChI=1S/C13H13Cl2N3O2/c1-7-12(8(2)20-18-7)17-13(19)16-6-9-3-4-10(14)5-11(9)15/h3-5H,6H2,1-2H3,(H2,16,17,19). The number of anilines is 1. The average Bonchev–Trinajstić information content (AvgIpc) is 2.69. The lowest BCUT2D eigenvalue weighted by Crippen LogP contribution is -2.28. The molecular formula is C13H13Cl2N3O2. The molecule has 1 aromatic carbocycles. The van der Waals surface area contributed by atoms with E-state index in [-0.39, 0.29) is 6.03 Å². The Morgan fingerprint density at radius 1 is 1.35 bits per heavy atom. The van der Waals surface area contributed by atoms with Gasteiger partial charge in [-0.25, -0.2) is 4.79 Å². The maximum Gasteiger partial charge on any atom is 0.319 e. The van der Waals surface area contributed by atoms with E-state index in [0.717, 1.165) is 5.56 Å². The van der Waals surface area contributed by atoms with Crippen LogP contribution in [0.2, 0.25) is 10.0 Å². The molecular weight excluding hydrogens is 301 g/mol. The molecule has 0 fully saturated rings. The Bertz CT molecular complexity index is 621. The van der Waals surface area contributed by atoms with Crippen molar-refractivity contribution in [1.82, 2.24) is 10.5 Å². The zero-order valence-corrected chi connectivity index (χ0v) is 12.5. The highest BCUT2D eigenvalue weighted by Crippen LogP contribution is 2.21. The van der Waals surface area contributed by atoms with Crippen LogP contribution in [0.1, 0.15) is 17.0 Å². The summed E-state index contributed by atoms with van der Waals surface area (Å²) in [4.78, 5) is 11.8. The Kier molecular flexibility index (Phi) is 4.52. The van der Waals surface area contributed by atoms with E-state index in [2.05, 4.69) is 15.8 Å². The van der Waals surface area contributed by atoms with E-state index in [4.69, 9.17) is 27.7 Å². The molecule has 106 valence electrons. The number of nitrogens with one attached hydrogen (secondary N) is 2. The van der Waals surface area contributed by atoms with Gasteiger partial charge in [0, 0.05) is 16.6 Å². The lowest BCUT2D eigenvalue weighted by Gasteiger charge is -2.08. The van der Waals surface area contributed by atoms with E-state index in [0.29, 0.717) is 33.7 Å². The van der Waals surface area contributed by atoms with Gasteiger partial charge in [0.25, 0.3) is 0 Å². The van der Waals surface area contributed by atoms with Crippen LogP contribution in [-0.4, -0.2) is 11.2 Å². The van der Waals surface area contributed by atoms with Crippen molar-refractivity contribution in [3.63, 3.8) is 0 Å². The summed E-state index contributed by atoms with van der Waals surface area (Å²) in [5, 5.41) is 10.2. The Balaban J connectivity index is 1.96. The molecule has 2 rings (SSSR count). The van der Waals surface area contributed by atoms with Crippen LogP contribution >= 0.6 is 23.2 Å². The summed E-state index contributed by atoms with van der Waals surface area (Å²) in [6.45, 7) is 3.78. The van der Waals surface area contributed by atoms with Gasteiger partial charge in [-0.2, -0.15) is 0 Å². The predicted molar refractivity (Wildman–Crippen MR) is 78.3 cm³/mol. The van der Waals surface area contributed by atoms with E-state index < -0.39 is 0 Å². The van der Waals surface area contributed by atoms with Gasteiger partial charge in [0.2, 0.25) is 0 Å². The number of rotatable bonds is 3. The largest absolute Gasteiger partial charge is 0.359 e. The highest BCUT2D eigenvalue weighted by Gasteiger charge is 2.12. The van der Waals surface area contributed by atoms with Gasteiger partial charge in [-0.3, -0.25) is 0 Å². The third kappa shape index (κ3) is 3.43. The maximum absolute atomic E-state index is 11.8. The number of carbonyl (C=O) groups excluding carboxylic acids is 1. The number of aryl methyl sites for hydroxylation is 2. The molecule has 0 saturated carbocycles. The second kappa shape index (κ2) is 6.15. The zero-order valence-electron chi connectivity index (χ0n) is 11.0. The number of amides is 2. The first kappa shape index (κ1) is 14.7. The van der Waals surface area contributed by atoms with Gasteiger partial charge in [-0.1, -0.05) is 34.4 Å². The van der Waals surface area contributed by atoms with Crippen molar-refractivity contribution in [2.24, 2.45) is 0 Å². The van der Waals surface area contributed by atoms with Crippen molar-refractivity contribution in [1.29, 1.82) is 0 Å². The van der Waals surface area contributed by atoms with Gasteiger partial charge >= 0.3 is 6.03 Å². The number of hydrogen-bond donors (Lipinski definition) is 2. The number of aromatic nitrogens is 1. The highest BCUT2D eigenvalue weighted by molar-refractivity contribution is 6.35. The van der Waals surface area contributed by atoms with Crippen LogP contribution in [-0.2, 0) is 6.54 Å². The zero-order chi connectivity index (χ0) is 14.7. The number of nitrogens with zero attached hydrogens (tertiary/aromatic N) is 1. The Labute approximate surface area is 126 Å². The Morgan fingerprint density at radius 3 is 2.70 bits per heavy atom. The Hall–Kier alpha value is -1.72. The number of benzene rings is 1. The van der Waals surface area contributed by atoms with Crippen LogP contribution in [0, 0.1) is 13.8 Å². The first-order valence-corrected chi connectivity index (χ1v) is 6.64.